The molecule has 0 saturated carbocycles. The van der Waals surface area contributed by atoms with Crippen molar-refractivity contribution < 1.29 is 14.3 Å². The smallest absolute Gasteiger partial charge is 0.234 e. The lowest BCUT2D eigenvalue weighted by Crippen LogP contribution is -2.56. The van der Waals surface area contributed by atoms with Gasteiger partial charge in [0.1, 0.15) is 5.75 Å². The standard InChI is InChI=1S/C21H33N3O3/c1-21(2,24-11-13-27-14-12-24)16-22-20(25)15-23-10-4-5-19(23)17-6-8-18(26-3)9-7-17/h6-9,19H,4-5,10-16H2,1-3H3,(H,22,25). The number of carbonyl (C=O) groups excluding carboxylic acids is 1. The first-order valence-electron chi connectivity index (χ1n) is 9.97. The van der Waals surface area contributed by atoms with Crippen LogP contribution >= 0.6 is 0 Å². The largest absolute Gasteiger partial charge is 0.497 e. The number of hydrogen-bond donors (Lipinski definition) is 1. The lowest BCUT2D eigenvalue weighted by Gasteiger charge is -2.41. The minimum atomic E-state index is -0.0557. The van der Waals surface area contributed by atoms with Crippen LogP contribution in [0.4, 0.5) is 0 Å². The zero-order valence-corrected chi connectivity index (χ0v) is 16.9. The number of benzene rings is 1. The molecule has 6 heteroatoms. The van der Waals surface area contributed by atoms with E-state index in [1.807, 2.05) is 12.1 Å². The Labute approximate surface area is 162 Å². The van der Waals surface area contributed by atoms with Crippen molar-refractivity contribution in [3.8, 4) is 5.75 Å². The zero-order valence-electron chi connectivity index (χ0n) is 16.9. The van der Waals surface area contributed by atoms with Crippen molar-refractivity contribution >= 4 is 5.91 Å². The van der Waals surface area contributed by atoms with Gasteiger partial charge in [-0.15, -0.1) is 0 Å². The van der Waals surface area contributed by atoms with Gasteiger partial charge < -0.3 is 14.8 Å². The zero-order chi connectivity index (χ0) is 19.3. The molecule has 2 fully saturated rings. The van der Waals surface area contributed by atoms with Crippen molar-refractivity contribution in [2.24, 2.45) is 0 Å². The van der Waals surface area contributed by atoms with E-state index in [2.05, 4.69) is 41.1 Å². The van der Waals surface area contributed by atoms with Crippen LogP contribution in [0.5, 0.6) is 5.75 Å². The highest BCUT2D eigenvalue weighted by molar-refractivity contribution is 5.78. The van der Waals surface area contributed by atoms with Crippen LogP contribution in [-0.4, -0.2) is 74.3 Å². The minimum Gasteiger partial charge on any atom is -0.497 e. The molecule has 3 rings (SSSR count). The van der Waals surface area contributed by atoms with Crippen LogP contribution in [0.25, 0.3) is 0 Å². The van der Waals surface area contributed by atoms with Crippen molar-refractivity contribution in [2.75, 3.05) is 53.0 Å². The number of ether oxygens (including phenoxy) is 2. The van der Waals surface area contributed by atoms with Gasteiger partial charge in [-0.3, -0.25) is 14.6 Å². The lowest BCUT2D eigenvalue weighted by molar-refractivity contribution is -0.123. The maximum atomic E-state index is 12.6. The second kappa shape index (κ2) is 9.04. The summed E-state index contributed by atoms with van der Waals surface area (Å²) in [6.07, 6.45) is 2.22. The Bertz CT molecular complexity index is 612. The SMILES string of the molecule is COc1ccc(C2CCCN2CC(=O)NCC(C)(C)N2CCOCC2)cc1. The molecule has 1 atom stereocenters. The van der Waals surface area contributed by atoms with E-state index in [0.29, 0.717) is 19.1 Å². The quantitative estimate of drug-likeness (QED) is 0.791. The van der Waals surface area contributed by atoms with Crippen LogP contribution in [0, 0.1) is 0 Å². The van der Waals surface area contributed by atoms with Gasteiger partial charge >= 0.3 is 0 Å². The van der Waals surface area contributed by atoms with Crippen molar-refractivity contribution in [3.05, 3.63) is 29.8 Å². The Morgan fingerprint density at radius 2 is 1.93 bits per heavy atom. The van der Waals surface area contributed by atoms with Crippen LogP contribution in [0.2, 0.25) is 0 Å². The Hall–Kier alpha value is -1.63. The van der Waals surface area contributed by atoms with Crippen LogP contribution in [0.1, 0.15) is 38.3 Å². The molecule has 2 saturated heterocycles. The van der Waals surface area contributed by atoms with Gasteiger partial charge in [-0.1, -0.05) is 12.1 Å². The maximum Gasteiger partial charge on any atom is 0.234 e. The monoisotopic (exact) mass is 375 g/mol. The van der Waals surface area contributed by atoms with Gasteiger partial charge in [0.2, 0.25) is 5.91 Å². The molecular formula is C21H33N3O3. The molecule has 1 aromatic rings. The van der Waals surface area contributed by atoms with Crippen LogP contribution < -0.4 is 10.1 Å². The highest BCUT2D eigenvalue weighted by Crippen LogP contribution is 2.32. The summed E-state index contributed by atoms with van der Waals surface area (Å²) in [5, 5.41) is 3.15. The number of hydrogen-bond acceptors (Lipinski definition) is 5. The summed E-state index contributed by atoms with van der Waals surface area (Å²) in [6, 6.07) is 8.53. The minimum absolute atomic E-state index is 0.0557. The Kier molecular flexibility index (Phi) is 6.73. The number of morpholine rings is 1. The molecule has 150 valence electrons. The summed E-state index contributed by atoms with van der Waals surface area (Å²) in [6.45, 7) is 9.86. The first kappa shape index (κ1) is 20.1. The first-order valence-corrected chi connectivity index (χ1v) is 9.97. The third-order valence-corrected chi connectivity index (χ3v) is 5.80. The fourth-order valence-corrected chi connectivity index (χ4v) is 4.05. The second-order valence-corrected chi connectivity index (χ2v) is 8.09. The third-order valence-electron chi connectivity index (χ3n) is 5.80. The van der Waals surface area contributed by atoms with E-state index in [0.717, 1.165) is 51.4 Å². The van der Waals surface area contributed by atoms with E-state index in [9.17, 15) is 4.79 Å². The van der Waals surface area contributed by atoms with E-state index in [1.165, 1.54) is 5.56 Å². The summed E-state index contributed by atoms with van der Waals surface area (Å²) in [4.78, 5) is 17.3. The molecule has 0 aromatic heterocycles. The molecule has 2 heterocycles. The van der Waals surface area contributed by atoms with Gasteiger partial charge in [0.15, 0.2) is 0 Å². The number of methoxy groups -OCH3 is 1. The second-order valence-electron chi connectivity index (χ2n) is 8.09. The molecule has 0 aliphatic carbocycles. The molecule has 1 aromatic carbocycles. The molecule has 1 unspecified atom stereocenters. The van der Waals surface area contributed by atoms with Gasteiger partial charge in [-0.05, 0) is 50.9 Å². The average Bonchev–Trinajstić information content (AvgIpc) is 3.15. The van der Waals surface area contributed by atoms with E-state index in [1.54, 1.807) is 7.11 Å². The molecular weight excluding hydrogens is 342 g/mol. The highest BCUT2D eigenvalue weighted by Gasteiger charge is 2.30. The van der Waals surface area contributed by atoms with Gasteiger partial charge in [0.25, 0.3) is 0 Å². The fourth-order valence-electron chi connectivity index (χ4n) is 4.05. The van der Waals surface area contributed by atoms with Crippen molar-refractivity contribution in [1.82, 2.24) is 15.1 Å². The van der Waals surface area contributed by atoms with Gasteiger partial charge in [0.05, 0.1) is 26.9 Å². The van der Waals surface area contributed by atoms with E-state index >= 15 is 0 Å². The van der Waals surface area contributed by atoms with Crippen molar-refractivity contribution in [3.63, 3.8) is 0 Å². The van der Waals surface area contributed by atoms with Crippen molar-refractivity contribution in [1.29, 1.82) is 0 Å². The van der Waals surface area contributed by atoms with Crippen LogP contribution in [0.3, 0.4) is 0 Å². The van der Waals surface area contributed by atoms with Gasteiger partial charge in [-0.2, -0.15) is 0 Å². The Balaban J connectivity index is 1.51. The Morgan fingerprint density at radius 3 is 2.59 bits per heavy atom. The number of carbonyl (C=O) groups is 1. The molecule has 2 aliphatic rings. The Morgan fingerprint density at radius 1 is 1.22 bits per heavy atom. The number of nitrogens with zero attached hydrogens (tertiary/aromatic N) is 2. The van der Waals surface area contributed by atoms with E-state index in [4.69, 9.17) is 9.47 Å². The summed E-state index contributed by atoms with van der Waals surface area (Å²) < 4.78 is 10.7. The van der Waals surface area contributed by atoms with E-state index < -0.39 is 0 Å². The van der Waals surface area contributed by atoms with Crippen LogP contribution in [0.15, 0.2) is 24.3 Å². The predicted molar refractivity (Wildman–Crippen MR) is 106 cm³/mol. The summed E-state index contributed by atoms with van der Waals surface area (Å²) in [5.41, 5.74) is 1.20. The maximum absolute atomic E-state index is 12.6. The summed E-state index contributed by atoms with van der Waals surface area (Å²) in [5.74, 6) is 0.975. The van der Waals surface area contributed by atoms with E-state index in [-0.39, 0.29) is 11.4 Å². The number of likely N-dealkylation sites (tertiary alicyclic amines) is 1. The number of nitrogens with one attached hydrogen (secondary N) is 1. The third kappa shape index (κ3) is 5.21. The molecule has 27 heavy (non-hydrogen) atoms. The normalized spacial score (nSPS) is 22.0. The van der Waals surface area contributed by atoms with Gasteiger partial charge in [0, 0.05) is 31.2 Å². The predicted octanol–water partition coefficient (Wildman–Crippen LogP) is 2.06. The molecule has 6 nitrogen and oxygen atoms in total. The average molecular weight is 376 g/mol. The number of amides is 1. The highest BCUT2D eigenvalue weighted by atomic mass is 16.5. The topological polar surface area (TPSA) is 54.0 Å². The lowest BCUT2D eigenvalue weighted by atomic mass is 10.0. The summed E-state index contributed by atoms with van der Waals surface area (Å²) >= 11 is 0. The summed E-state index contributed by atoms with van der Waals surface area (Å²) in [7, 11) is 1.68. The fraction of sp³-hybridized carbons (Fsp3) is 0.667. The molecule has 0 radical (unpaired) electrons. The molecule has 2 aliphatic heterocycles. The van der Waals surface area contributed by atoms with Gasteiger partial charge in [-0.25, -0.2) is 0 Å². The number of rotatable bonds is 7. The van der Waals surface area contributed by atoms with Crippen molar-refractivity contribution in [2.45, 2.75) is 38.3 Å². The molecule has 0 bridgehead atoms. The molecule has 0 spiro atoms. The molecule has 1 N–H and O–H groups in total. The molecule has 1 amide bonds. The van der Waals surface area contributed by atoms with Crippen LogP contribution in [-0.2, 0) is 9.53 Å². The first-order chi connectivity index (χ1) is 13.0.